The average molecular weight is 346 g/mol. The Morgan fingerprint density at radius 2 is 2.16 bits per heavy atom. The molecule has 1 fully saturated rings. The molecule has 3 N–H and O–H groups in total. The third kappa shape index (κ3) is 4.00. The number of nitrogens with two attached hydrogens (primary N) is 1. The van der Waals surface area contributed by atoms with Gasteiger partial charge in [-0.05, 0) is 38.3 Å². The van der Waals surface area contributed by atoms with Crippen LogP contribution in [-0.4, -0.2) is 37.2 Å². The number of ether oxygens (including phenoxy) is 2. The molecule has 1 aliphatic heterocycles. The van der Waals surface area contributed by atoms with Gasteiger partial charge >= 0.3 is 0 Å². The number of hydrogen-bond acceptors (Lipinski definition) is 5. The second-order valence-corrected chi connectivity index (χ2v) is 6.12. The fraction of sp³-hybridized carbons (Fsp3) is 0.444. The van der Waals surface area contributed by atoms with E-state index in [9.17, 15) is 9.59 Å². The first kappa shape index (κ1) is 17.4. The maximum absolute atomic E-state index is 12.4. The Morgan fingerprint density at radius 1 is 1.36 bits per heavy atom. The minimum Gasteiger partial charge on any atom is -0.449 e. The van der Waals surface area contributed by atoms with Gasteiger partial charge in [-0.15, -0.1) is 0 Å². The van der Waals surface area contributed by atoms with Gasteiger partial charge in [0.15, 0.2) is 0 Å². The van der Waals surface area contributed by atoms with Crippen molar-refractivity contribution in [3.8, 4) is 0 Å². The van der Waals surface area contributed by atoms with Crippen molar-refractivity contribution in [2.75, 3.05) is 18.5 Å². The van der Waals surface area contributed by atoms with E-state index in [4.69, 9.17) is 19.6 Å². The monoisotopic (exact) mass is 346 g/mol. The van der Waals surface area contributed by atoms with Crippen LogP contribution in [0.15, 0.2) is 28.7 Å². The number of hydrogen-bond donors (Lipinski definition) is 2. The van der Waals surface area contributed by atoms with Crippen molar-refractivity contribution in [3.05, 3.63) is 30.0 Å². The molecule has 0 radical (unpaired) electrons. The molecule has 2 amide bonds. The van der Waals surface area contributed by atoms with Gasteiger partial charge in [0.1, 0.15) is 17.4 Å². The number of anilines is 1. The van der Waals surface area contributed by atoms with Crippen LogP contribution >= 0.6 is 0 Å². The molecule has 0 saturated carbocycles. The van der Waals surface area contributed by atoms with Gasteiger partial charge in [0.2, 0.25) is 5.76 Å². The number of nitrogens with one attached hydrogen (secondary N) is 1. The van der Waals surface area contributed by atoms with E-state index >= 15 is 0 Å². The van der Waals surface area contributed by atoms with Gasteiger partial charge in [-0.3, -0.25) is 9.59 Å². The summed E-state index contributed by atoms with van der Waals surface area (Å²) in [7, 11) is 0. The van der Waals surface area contributed by atoms with E-state index in [1.807, 2.05) is 0 Å². The molecule has 25 heavy (non-hydrogen) atoms. The van der Waals surface area contributed by atoms with Crippen molar-refractivity contribution < 1.29 is 23.5 Å². The molecule has 0 spiro atoms. The SMILES string of the molecule is CC(OCC1CCCCO1)C(=O)Nc1c(C(N)=O)oc2ccccc12. The smallest absolute Gasteiger partial charge is 0.286 e. The van der Waals surface area contributed by atoms with Gasteiger partial charge in [-0.1, -0.05) is 12.1 Å². The highest BCUT2D eigenvalue weighted by molar-refractivity contribution is 6.11. The lowest BCUT2D eigenvalue weighted by molar-refractivity contribution is -0.130. The Kier molecular flexibility index (Phi) is 5.35. The number of carbonyl (C=O) groups excluding carboxylic acids is 2. The zero-order valence-corrected chi connectivity index (χ0v) is 14.1. The van der Waals surface area contributed by atoms with Gasteiger partial charge in [-0.25, -0.2) is 0 Å². The fourth-order valence-corrected chi connectivity index (χ4v) is 2.83. The van der Waals surface area contributed by atoms with Gasteiger partial charge in [-0.2, -0.15) is 0 Å². The Hall–Kier alpha value is -2.38. The summed E-state index contributed by atoms with van der Waals surface area (Å²) in [6.07, 6.45) is 2.44. The number of rotatable bonds is 6. The standard InChI is InChI=1S/C18H22N2O5/c1-11(24-10-12-6-4-5-9-23-12)18(22)20-15-13-7-2-3-8-14(13)25-16(15)17(19)21/h2-3,7-8,11-12H,4-6,9-10H2,1H3,(H2,19,21)(H,20,22). The zero-order valence-electron chi connectivity index (χ0n) is 14.1. The molecular weight excluding hydrogens is 324 g/mol. The predicted molar refractivity (Wildman–Crippen MR) is 92.4 cm³/mol. The van der Waals surface area contributed by atoms with Crippen LogP contribution < -0.4 is 11.1 Å². The number of fused-ring (bicyclic) bond motifs is 1. The lowest BCUT2D eigenvalue weighted by Crippen LogP contribution is -2.33. The number of para-hydroxylation sites is 1. The van der Waals surface area contributed by atoms with Crippen LogP contribution in [0.2, 0.25) is 0 Å². The maximum atomic E-state index is 12.4. The minimum absolute atomic E-state index is 0.0277. The number of primary amides is 1. The summed E-state index contributed by atoms with van der Waals surface area (Å²) in [5.74, 6) is -1.18. The third-order valence-electron chi connectivity index (χ3n) is 4.24. The van der Waals surface area contributed by atoms with Crippen molar-refractivity contribution in [2.45, 2.75) is 38.4 Å². The van der Waals surface area contributed by atoms with E-state index in [0.29, 0.717) is 17.6 Å². The van der Waals surface area contributed by atoms with Crippen LogP contribution in [-0.2, 0) is 14.3 Å². The summed E-state index contributed by atoms with van der Waals surface area (Å²) in [6, 6.07) is 7.02. The zero-order chi connectivity index (χ0) is 17.8. The number of furan rings is 1. The van der Waals surface area contributed by atoms with Crippen LogP contribution in [0.4, 0.5) is 5.69 Å². The first-order valence-electron chi connectivity index (χ1n) is 8.41. The summed E-state index contributed by atoms with van der Waals surface area (Å²) in [6.45, 7) is 2.76. The molecule has 0 bridgehead atoms. The topological polar surface area (TPSA) is 104 Å². The Morgan fingerprint density at radius 3 is 2.88 bits per heavy atom. The molecular formula is C18H22N2O5. The Labute approximate surface area is 145 Å². The summed E-state index contributed by atoms with van der Waals surface area (Å²) in [5, 5.41) is 3.32. The van der Waals surface area contributed by atoms with Gasteiger partial charge in [0.05, 0.1) is 12.7 Å². The molecule has 1 saturated heterocycles. The number of amides is 2. The lowest BCUT2D eigenvalue weighted by Gasteiger charge is -2.23. The lowest BCUT2D eigenvalue weighted by atomic mass is 10.1. The Bertz CT molecular complexity index is 764. The van der Waals surface area contributed by atoms with Crippen LogP contribution in [0.3, 0.4) is 0 Å². The van der Waals surface area contributed by atoms with E-state index in [0.717, 1.165) is 25.9 Å². The first-order valence-corrected chi connectivity index (χ1v) is 8.41. The summed E-state index contributed by atoms with van der Waals surface area (Å²) < 4.78 is 16.7. The molecule has 2 atom stereocenters. The van der Waals surface area contributed by atoms with Gasteiger partial charge in [0, 0.05) is 12.0 Å². The Balaban J connectivity index is 1.68. The van der Waals surface area contributed by atoms with Gasteiger partial charge < -0.3 is 24.9 Å². The highest BCUT2D eigenvalue weighted by Crippen LogP contribution is 2.30. The third-order valence-corrected chi connectivity index (χ3v) is 4.24. The van der Waals surface area contributed by atoms with E-state index in [-0.39, 0.29) is 23.5 Å². The molecule has 2 unspecified atom stereocenters. The minimum atomic E-state index is -0.740. The van der Waals surface area contributed by atoms with Crippen LogP contribution in [0, 0.1) is 0 Å². The fourth-order valence-electron chi connectivity index (χ4n) is 2.83. The van der Waals surface area contributed by atoms with E-state index in [1.54, 1.807) is 31.2 Å². The molecule has 2 heterocycles. The molecule has 0 aliphatic carbocycles. The second kappa shape index (κ2) is 7.67. The first-order chi connectivity index (χ1) is 12.1. The summed E-state index contributed by atoms with van der Waals surface area (Å²) in [5.41, 5.74) is 6.11. The molecule has 134 valence electrons. The van der Waals surface area contributed by atoms with E-state index < -0.39 is 12.0 Å². The van der Waals surface area contributed by atoms with Crippen molar-refractivity contribution in [1.82, 2.24) is 0 Å². The molecule has 1 aromatic carbocycles. The maximum Gasteiger partial charge on any atom is 0.286 e. The largest absolute Gasteiger partial charge is 0.449 e. The van der Waals surface area contributed by atoms with Crippen molar-refractivity contribution in [3.63, 3.8) is 0 Å². The van der Waals surface area contributed by atoms with Crippen molar-refractivity contribution in [1.29, 1.82) is 0 Å². The average Bonchev–Trinajstić information content (AvgIpc) is 2.99. The summed E-state index contributed by atoms with van der Waals surface area (Å²) in [4.78, 5) is 24.0. The highest BCUT2D eigenvalue weighted by atomic mass is 16.5. The number of carbonyl (C=O) groups is 2. The highest BCUT2D eigenvalue weighted by Gasteiger charge is 2.24. The predicted octanol–water partition coefficient (Wildman–Crippen LogP) is 2.44. The van der Waals surface area contributed by atoms with E-state index in [2.05, 4.69) is 5.32 Å². The summed E-state index contributed by atoms with van der Waals surface area (Å²) >= 11 is 0. The quantitative estimate of drug-likeness (QED) is 0.836. The van der Waals surface area contributed by atoms with Gasteiger partial charge in [0.25, 0.3) is 11.8 Å². The normalized spacial score (nSPS) is 18.8. The number of benzene rings is 1. The van der Waals surface area contributed by atoms with Crippen LogP contribution in [0.25, 0.3) is 11.0 Å². The molecule has 1 aliphatic rings. The second-order valence-electron chi connectivity index (χ2n) is 6.12. The molecule has 2 aromatic rings. The molecule has 7 nitrogen and oxygen atoms in total. The van der Waals surface area contributed by atoms with Crippen molar-refractivity contribution >= 4 is 28.5 Å². The van der Waals surface area contributed by atoms with Crippen molar-refractivity contribution in [2.24, 2.45) is 5.73 Å². The molecule has 3 rings (SSSR count). The molecule has 1 aromatic heterocycles. The van der Waals surface area contributed by atoms with E-state index in [1.165, 1.54) is 0 Å². The molecule has 7 heteroatoms. The van der Waals surface area contributed by atoms with Crippen LogP contribution in [0.5, 0.6) is 0 Å². The van der Waals surface area contributed by atoms with Crippen LogP contribution in [0.1, 0.15) is 36.7 Å².